The molecule has 120 valence electrons. The molecular weight excluding hydrogens is 308 g/mol. The van der Waals surface area contributed by atoms with Crippen molar-refractivity contribution in [3.05, 3.63) is 24.5 Å². The third kappa shape index (κ3) is 4.32. The van der Waals surface area contributed by atoms with Gasteiger partial charge in [-0.2, -0.15) is 4.98 Å². The molecule has 0 bridgehead atoms. The second kappa shape index (κ2) is 7.42. The zero-order chi connectivity index (χ0) is 14.7. The van der Waals surface area contributed by atoms with E-state index in [1.807, 2.05) is 0 Å². The molecule has 2 aromatic heterocycles. The Bertz CT molecular complexity index is 595. The number of nitrogens with zero attached hydrogens (tertiary/aromatic N) is 2. The number of nitrogens with two attached hydrogens (primary N) is 1. The summed E-state index contributed by atoms with van der Waals surface area (Å²) in [5, 5.41) is 6.68. The van der Waals surface area contributed by atoms with Crippen LogP contribution in [0.4, 0.5) is 0 Å². The minimum absolute atomic E-state index is 0. The first-order chi connectivity index (χ1) is 10.2. The maximum absolute atomic E-state index is 11.7. The molecule has 0 radical (unpaired) electrons. The fourth-order valence-corrected chi connectivity index (χ4v) is 2.10. The van der Waals surface area contributed by atoms with Crippen LogP contribution >= 0.6 is 12.4 Å². The lowest BCUT2D eigenvalue weighted by molar-refractivity contribution is -0.121. The summed E-state index contributed by atoms with van der Waals surface area (Å²) in [6.45, 7) is 0.535. The highest BCUT2D eigenvalue weighted by Crippen LogP contribution is 2.31. The number of carbonyl (C=O) groups is 1. The Morgan fingerprint density at radius 2 is 2.32 bits per heavy atom. The first-order valence-electron chi connectivity index (χ1n) is 7.10. The Morgan fingerprint density at radius 1 is 1.50 bits per heavy atom. The van der Waals surface area contributed by atoms with Gasteiger partial charge in [-0.15, -0.1) is 12.4 Å². The average Bonchev–Trinajstić information content (AvgIpc) is 3.01. The maximum atomic E-state index is 11.7. The molecular formula is C14H19ClN4O3. The van der Waals surface area contributed by atoms with Crippen LogP contribution in [0.5, 0.6) is 0 Å². The van der Waals surface area contributed by atoms with Crippen LogP contribution in [0, 0.1) is 5.92 Å². The molecule has 7 nitrogen and oxygen atoms in total. The number of aromatic nitrogens is 2. The molecule has 0 spiro atoms. The van der Waals surface area contributed by atoms with Gasteiger partial charge in [0.05, 0.1) is 11.8 Å². The summed E-state index contributed by atoms with van der Waals surface area (Å²) in [6, 6.07) is 1.82. The molecule has 2 aromatic rings. The molecule has 22 heavy (non-hydrogen) atoms. The molecule has 1 atom stereocenters. The summed E-state index contributed by atoms with van der Waals surface area (Å²) >= 11 is 0. The highest BCUT2D eigenvalue weighted by atomic mass is 35.5. The van der Waals surface area contributed by atoms with E-state index in [4.69, 9.17) is 14.7 Å². The maximum Gasteiger partial charge on any atom is 0.227 e. The van der Waals surface area contributed by atoms with Gasteiger partial charge in [-0.25, -0.2) is 0 Å². The zero-order valence-corrected chi connectivity index (χ0v) is 12.8. The average molecular weight is 327 g/mol. The molecule has 1 aliphatic rings. The molecule has 2 heterocycles. The number of halogens is 1. The zero-order valence-electron chi connectivity index (χ0n) is 12.0. The van der Waals surface area contributed by atoms with Crippen LogP contribution < -0.4 is 11.1 Å². The van der Waals surface area contributed by atoms with Crippen LogP contribution in [0.1, 0.15) is 25.2 Å². The van der Waals surface area contributed by atoms with E-state index < -0.39 is 0 Å². The van der Waals surface area contributed by atoms with E-state index in [9.17, 15) is 4.79 Å². The van der Waals surface area contributed by atoms with Gasteiger partial charge in [-0.05, 0) is 24.8 Å². The minimum atomic E-state index is -0.0471. The molecule has 3 rings (SSSR count). The molecule has 1 aliphatic carbocycles. The molecule has 0 saturated heterocycles. The van der Waals surface area contributed by atoms with Gasteiger partial charge in [0.2, 0.25) is 17.6 Å². The Hall–Kier alpha value is -1.86. The topological polar surface area (TPSA) is 107 Å². The molecule has 8 heteroatoms. The molecule has 1 amide bonds. The first-order valence-corrected chi connectivity index (χ1v) is 7.10. The second-order valence-electron chi connectivity index (χ2n) is 5.33. The number of furan rings is 1. The lowest BCUT2D eigenvalue weighted by Gasteiger charge is -2.10. The summed E-state index contributed by atoms with van der Waals surface area (Å²) in [7, 11) is 0. The van der Waals surface area contributed by atoms with Gasteiger partial charge < -0.3 is 20.0 Å². The van der Waals surface area contributed by atoms with Gasteiger partial charge >= 0.3 is 0 Å². The van der Waals surface area contributed by atoms with E-state index in [2.05, 4.69) is 15.5 Å². The van der Waals surface area contributed by atoms with E-state index in [-0.39, 0.29) is 24.4 Å². The summed E-state index contributed by atoms with van der Waals surface area (Å²) < 4.78 is 10.1. The number of nitrogens with one attached hydrogen (secondary N) is 1. The number of hydrogen-bond acceptors (Lipinski definition) is 6. The fraction of sp³-hybridized carbons (Fsp3) is 0.500. The standard InChI is InChI=1S/C14H18N4O3.ClH/c15-11(9-1-2-9)7-16-12(19)3-4-13-17-14(18-21-13)10-5-6-20-8-10;/h5-6,8-9,11H,1-4,7,15H2,(H,16,19);1H. The third-order valence-electron chi connectivity index (χ3n) is 3.58. The van der Waals surface area contributed by atoms with E-state index in [1.54, 1.807) is 18.6 Å². The van der Waals surface area contributed by atoms with Crippen molar-refractivity contribution in [2.75, 3.05) is 6.54 Å². The molecule has 1 fully saturated rings. The number of carbonyl (C=O) groups excluding carboxylic acids is 1. The van der Waals surface area contributed by atoms with Crippen molar-refractivity contribution >= 4 is 18.3 Å². The minimum Gasteiger partial charge on any atom is -0.472 e. The van der Waals surface area contributed by atoms with E-state index in [1.165, 1.54) is 12.8 Å². The Kier molecular flexibility index (Phi) is 5.57. The summed E-state index contributed by atoms with van der Waals surface area (Å²) in [6.07, 6.45) is 6.16. The third-order valence-corrected chi connectivity index (χ3v) is 3.58. The lowest BCUT2D eigenvalue weighted by Crippen LogP contribution is -2.38. The van der Waals surface area contributed by atoms with E-state index >= 15 is 0 Å². The van der Waals surface area contributed by atoms with Crippen molar-refractivity contribution in [2.45, 2.75) is 31.7 Å². The van der Waals surface area contributed by atoms with Crippen LogP contribution in [0.15, 0.2) is 27.5 Å². The van der Waals surface area contributed by atoms with Crippen molar-refractivity contribution in [3.8, 4) is 11.4 Å². The van der Waals surface area contributed by atoms with Crippen LogP contribution in [0.25, 0.3) is 11.4 Å². The van der Waals surface area contributed by atoms with Crippen molar-refractivity contribution < 1.29 is 13.7 Å². The van der Waals surface area contributed by atoms with Crippen molar-refractivity contribution in [1.29, 1.82) is 0 Å². The van der Waals surface area contributed by atoms with Gasteiger partial charge in [0.1, 0.15) is 6.26 Å². The molecule has 0 aromatic carbocycles. The van der Waals surface area contributed by atoms with Gasteiger partial charge in [0.15, 0.2) is 0 Å². The highest BCUT2D eigenvalue weighted by Gasteiger charge is 2.28. The van der Waals surface area contributed by atoms with E-state index in [0.29, 0.717) is 37.0 Å². The number of aryl methyl sites for hydroxylation is 1. The molecule has 0 aliphatic heterocycles. The Labute approximate surface area is 134 Å². The summed E-state index contributed by atoms with van der Waals surface area (Å²) in [5.41, 5.74) is 6.68. The van der Waals surface area contributed by atoms with Crippen LogP contribution in [-0.2, 0) is 11.2 Å². The fourth-order valence-electron chi connectivity index (χ4n) is 2.10. The SMILES string of the molecule is Cl.NC(CNC(=O)CCc1nc(-c2ccoc2)no1)C1CC1. The lowest BCUT2D eigenvalue weighted by atomic mass is 10.2. The molecule has 3 N–H and O–H groups in total. The van der Waals surface area contributed by atoms with Crippen LogP contribution in [-0.4, -0.2) is 28.6 Å². The normalized spacial score (nSPS) is 15.1. The monoisotopic (exact) mass is 326 g/mol. The summed E-state index contributed by atoms with van der Waals surface area (Å²) in [5.74, 6) is 1.44. The molecule has 1 saturated carbocycles. The number of amides is 1. The smallest absolute Gasteiger partial charge is 0.227 e. The van der Waals surface area contributed by atoms with Crippen LogP contribution in [0.3, 0.4) is 0 Å². The van der Waals surface area contributed by atoms with Gasteiger partial charge in [0.25, 0.3) is 0 Å². The molecule has 1 unspecified atom stereocenters. The van der Waals surface area contributed by atoms with Gasteiger partial charge in [-0.1, -0.05) is 5.16 Å². The second-order valence-corrected chi connectivity index (χ2v) is 5.33. The van der Waals surface area contributed by atoms with Gasteiger partial charge in [-0.3, -0.25) is 4.79 Å². The van der Waals surface area contributed by atoms with Gasteiger partial charge in [0, 0.05) is 25.4 Å². The number of hydrogen-bond donors (Lipinski definition) is 2. The van der Waals surface area contributed by atoms with E-state index in [0.717, 1.165) is 5.56 Å². The predicted molar refractivity (Wildman–Crippen MR) is 81.3 cm³/mol. The predicted octanol–water partition coefficient (Wildman–Crippen LogP) is 1.54. The Morgan fingerprint density at radius 3 is 3.00 bits per heavy atom. The van der Waals surface area contributed by atoms with Crippen molar-refractivity contribution in [2.24, 2.45) is 11.7 Å². The first kappa shape index (κ1) is 16.5. The van der Waals surface area contributed by atoms with Crippen LogP contribution in [0.2, 0.25) is 0 Å². The largest absolute Gasteiger partial charge is 0.472 e. The quantitative estimate of drug-likeness (QED) is 0.799. The number of rotatable bonds is 7. The van der Waals surface area contributed by atoms with Crippen molar-refractivity contribution in [3.63, 3.8) is 0 Å². The summed E-state index contributed by atoms with van der Waals surface area (Å²) in [4.78, 5) is 15.9. The Balaban J connectivity index is 0.00000176. The van der Waals surface area contributed by atoms with Crippen molar-refractivity contribution in [1.82, 2.24) is 15.5 Å². The highest BCUT2D eigenvalue weighted by molar-refractivity contribution is 5.85.